The molecule has 0 radical (unpaired) electrons. The molecule has 0 unspecified atom stereocenters. The van der Waals surface area contributed by atoms with Gasteiger partial charge in [-0.15, -0.1) is 0 Å². The first-order chi connectivity index (χ1) is 4.12. The van der Waals surface area contributed by atoms with Crippen molar-refractivity contribution in [3.05, 3.63) is 0 Å². The zero-order chi connectivity index (χ0) is 6.91. The van der Waals surface area contributed by atoms with Crippen LogP contribution in [-0.2, 0) is 0 Å². The Kier molecular flexibility index (Phi) is 1.78. The summed E-state index contributed by atoms with van der Waals surface area (Å²) in [5.74, 6) is 0. The number of β-amino-alcohol motifs (C(OH)–C–C–N with tert-alkyl or cyclic N) is 1. The van der Waals surface area contributed by atoms with E-state index in [1.807, 2.05) is 0 Å². The quantitative estimate of drug-likeness (QED) is 0.582. The molecule has 0 heterocycles. The molecule has 0 aromatic heterocycles. The van der Waals surface area contributed by atoms with E-state index in [0.717, 1.165) is 6.54 Å². The van der Waals surface area contributed by atoms with Crippen molar-refractivity contribution in [3.8, 4) is 0 Å². The Morgan fingerprint density at radius 2 is 2.22 bits per heavy atom. The van der Waals surface area contributed by atoms with Gasteiger partial charge in [0.05, 0.1) is 6.10 Å². The lowest BCUT2D eigenvalue weighted by atomic mass is 10.3. The highest BCUT2D eigenvalue weighted by atomic mass is 16.3. The summed E-state index contributed by atoms with van der Waals surface area (Å²) in [6.45, 7) is 4.73. The molecule has 0 spiro atoms. The number of hydrogen-bond acceptors (Lipinski definition) is 2. The van der Waals surface area contributed by atoms with E-state index in [1.54, 1.807) is 6.92 Å². The lowest BCUT2D eigenvalue weighted by molar-refractivity contribution is 0.185. The highest BCUT2D eigenvalue weighted by molar-refractivity contribution is 4.97. The van der Waals surface area contributed by atoms with Gasteiger partial charge >= 0.3 is 0 Å². The fourth-order valence-electron chi connectivity index (χ4n) is 0.758. The standard InChI is InChI=1S/C7H15NO/c1-6(9)5-8-7(2)3-4-7/h6,8-9H,3-5H2,1-2H3/t6-/m0/s1. The van der Waals surface area contributed by atoms with Crippen molar-refractivity contribution in [2.45, 2.75) is 38.3 Å². The van der Waals surface area contributed by atoms with Gasteiger partial charge in [0.1, 0.15) is 0 Å². The molecule has 1 atom stereocenters. The molecule has 0 aromatic carbocycles. The molecule has 0 aliphatic heterocycles. The van der Waals surface area contributed by atoms with Crippen LogP contribution in [0, 0.1) is 0 Å². The van der Waals surface area contributed by atoms with Gasteiger partial charge in [-0.25, -0.2) is 0 Å². The topological polar surface area (TPSA) is 32.3 Å². The van der Waals surface area contributed by atoms with E-state index >= 15 is 0 Å². The Hall–Kier alpha value is -0.0800. The maximum atomic E-state index is 8.88. The normalized spacial score (nSPS) is 25.7. The first-order valence-corrected chi connectivity index (χ1v) is 3.55. The van der Waals surface area contributed by atoms with E-state index < -0.39 is 0 Å². The minimum absolute atomic E-state index is 0.206. The first-order valence-electron chi connectivity index (χ1n) is 3.55. The van der Waals surface area contributed by atoms with Crippen LogP contribution in [0.1, 0.15) is 26.7 Å². The van der Waals surface area contributed by atoms with E-state index in [2.05, 4.69) is 12.2 Å². The molecular weight excluding hydrogens is 114 g/mol. The fourth-order valence-corrected chi connectivity index (χ4v) is 0.758. The van der Waals surface area contributed by atoms with Crippen molar-refractivity contribution < 1.29 is 5.11 Å². The molecule has 9 heavy (non-hydrogen) atoms. The zero-order valence-electron chi connectivity index (χ0n) is 6.15. The van der Waals surface area contributed by atoms with Gasteiger partial charge in [-0.2, -0.15) is 0 Å². The van der Waals surface area contributed by atoms with Crippen LogP contribution in [0.2, 0.25) is 0 Å². The van der Waals surface area contributed by atoms with E-state index in [4.69, 9.17) is 5.11 Å². The van der Waals surface area contributed by atoms with Crippen LogP contribution in [-0.4, -0.2) is 23.3 Å². The second-order valence-electron chi connectivity index (χ2n) is 3.29. The van der Waals surface area contributed by atoms with Crippen molar-refractivity contribution >= 4 is 0 Å². The van der Waals surface area contributed by atoms with E-state index in [9.17, 15) is 0 Å². The first kappa shape index (κ1) is 7.03. The number of aliphatic hydroxyl groups excluding tert-OH is 1. The van der Waals surface area contributed by atoms with Gasteiger partial charge in [0, 0.05) is 12.1 Å². The molecule has 54 valence electrons. The van der Waals surface area contributed by atoms with Crippen LogP contribution in [0.25, 0.3) is 0 Å². The second kappa shape index (κ2) is 2.27. The average molecular weight is 129 g/mol. The molecule has 1 rings (SSSR count). The summed E-state index contributed by atoms with van der Waals surface area (Å²) in [4.78, 5) is 0. The molecule has 2 nitrogen and oxygen atoms in total. The molecule has 0 aromatic rings. The zero-order valence-corrected chi connectivity index (χ0v) is 6.15. The largest absolute Gasteiger partial charge is 0.392 e. The molecule has 0 amide bonds. The van der Waals surface area contributed by atoms with Crippen molar-refractivity contribution in [1.82, 2.24) is 5.32 Å². The molecular formula is C7H15NO. The van der Waals surface area contributed by atoms with Crippen LogP contribution in [0.15, 0.2) is 0 Å². The van der Waals surface area contributed by atoms with Gasteiger partial charge < -0.3 is 10.4 Å². The number of nitrogens with one attached hydrogen (secondary N) is 1. The minimum atomic E-state index is -0.206. The summed E-state index contributed by atoms with van der Waals surface area (Å²) in [6.07, 6.45) is 2.32. The number of aliphatic hydroxyl groups is 1. The highest BCUT2D eigenvalue weighted by Crippen LogP contribution is 2.33. The van der Waals surface area contributed by atoms with E-state index in [-0.39, 0.29) is 6.10 Å². The van der Waals surface area contributed by atoms with E-state index in [0.29, 0.717) is 5.54 Å². The monoisotopic (exact) mass is 129 g/mol. The maximum Gasteiger partial charge on any atom is 0.0636 e. The summed E-state index contributed by atoms with van der Waals surface area (Å²) in [6, 6.07) is 0. The molecule has 2 N–H and O–H groups in total. The van der Waals surface area contributed by atoms with Crippen LogP contribution in [0.3, 0.4) is 0 Å². The lowest BCUT2D eigenvalue weighted by Gasteiger charge is -2.11. The average Bonchev–Trinajstić information content (AvgIpc) is 2.45. The highest BCUT2D eigenvalue weighted by Gasteiger charge is 2.36. The lowest BCUT2D eigenvalue weighted by Crippen LogP contribution is -2.33. The Balaban J connectivity index is 2.05. The van der Waals surface area contributed by atoms with Crippen LogP contribution in [0.5, 0.6) is 0 Å². The third-order valence-electron chi connectivity index (χ3n) is 1.82. The van der Waals surface area contributed by atoms with Crippen molar-refractivity contribution in [2.24, 2.45) is 0 Å². The molecule has 1 saturated carbocycles. The molecule has 1 aliphatic carbocycles. The Morgan fingerprint density at radius 1 is 1.67 bits per heavy atom. The van der Waals surface area contributed by atoms with Gasteiger partial charge in [-0.3, -0.25) is 0 Å². The number of hydrogen-bond donors (Lipinski definition) is 2. The summed E-state index contributed by atoms with van der Waals surface area (Å²) in [7, 11) is 0. The SMILES string of the molecule is C[C@H](O)CNC1(C)CC1. The predicted octanol–water partition coefficient (Wildman–Crippen LogP) is 0.509. The third-order valence-corrected chi connectivity index (χ3v) is 1.82. The van der Waals surface area contributed by atoms with Crippen LogP contribution < -0.4 is 5.32 Å². The van der Waals surface area contributed by atoms with Gasteiger partial charge in [-0.1, -0.05) is 0 Å². The maximum absolute atomic E-state index is 8.88. The summed E-state index contributed by atoms with van der Waals surface area (Å²) in [5, 5.41) is 12.2. The molecule has 1 fully saturated rings. The Labute approximate surface area is 56.3 Å². The molecule has 0 saturated heterocycles. The third kappa shape index (κ3) is 2.33. The summed E-state index contributed by atoms with van der Waals surface area (Å²) in [5.41, 5.74) is 0.372. The van der Waals surface area contributed by atoms with Crippen LogP contribution in [0.4, 0.5) is 0 Å². The fraction of sp³-hybridized carbons (Fsp3) is 1.00. The van der Waals surface area contributed by atoms with Crippen molar-refractivity contribution in [1.29, 1.82) is 0 Å². The molecule has 0 bridgehead atoms. The van der Waals surface area contributed by atoms with Gasteiger partial charge in [0.2, 0.25) is 0 Å². The van der Waals surface area contributed by atoms with Gasteiger partial charge in [0.25, 0.3) is 0 Å². The van der Waals surface area contributed by atoms with E-state index in [1.165, 1.54) is 12.8 Å². The summed E-state index contributed by atoms with van der Waals surface area (Å²) < 4.78 is 0. The predicted molar refractivity (Wildman–Crippen MR) is 37.3 cm³/mol. The van der Waals surface area contributed by atoms with Crippen LogP contribution >= 0.6 is 0 Å². The minimum Gasteiger partial charge on any atom is -0.392 e. The number of rotatable bonds is 3. The van der Waals surface area contributed by atoms with Crippen molar-refractivity contribution in [2.75, 3.05) is 6.54 Å². The molecule has 1 aliphatic rings. The Morgan fingerprint density at radius 3 is 2.56 bits per heavy atom. The smallest absolute Gasteiger partial charge is 0.0636 e. The Bertz CT molecular complexity index is 97.1. The van der Waals surface area contributed by atoms with Gasteiger partial charge in [0.15, 0.2) is 0 Å². The van der Waals surface area contributed by atoms with Crippen molar-refractivity contribution in [3.63, 3.8) is 0 Å². The molecule has 2 heteroatoms. The van der Waals surface area contributed by atoms with Gasteiger partial charge in [-0.05, 0) is 26.7 Å². The second-order valence-corrected chi connectivity index (χ2v) is 3.29. The summed E-state index contributed by atoms with van der Waals surface area (Å²) >= 11 is 0.